The minimum atomic E-state index is -0.844. The van der Waals surface area contributed by atoms with Crippen molar-refractivity contribution >= 4 is 34.6 Å². The lowest BCUT2D eigenvalue weighted by molar-refractivity contribution is -0.115. The van der Waals surface area contributed by atoms with Crippen molar-refractivity contribution in [2.24, 2.45) is 0 Å². The summed E-state index contributed by atoms with van der Waals surface area (Å²) in [4.78, 5) is 35.4. The zero-order valence-electron chi connectivity index (χ0n) is 15.1. The molecule has 1 aliphatic heterocycles. The zero-order chi connectivity index (χ0) is 20.5. The second-order valence-electron chi connectivity index (χ2n) is 6.70. The standard InChI is InChI=1S/C18H18ClN5O5/c19-10-3-1-9(2-4-10)5-13(27)21-18-22-16-15(17(28)23-18)20-8-24(16)14-6-11(26)12(7-25)29-14/h1-4,8,11-12,14,25-26H,5-7H2,(H2,21,22,23,27,28)/t11-,12+,14+/m0/s1. The highest BCUT2D eigenvalue weighted by atomic mass is 35.5. The van der Waals surface area contributed by atoms with Gasteiger partial charge in [-0.15, -0.1) is 0 Å². The molecule has 1 saturated heterocycles. The largest absolute Gasteiger partial charge is 0.394 e. The van der Waals surface area contributed by atoms with Gasteiger partial charge in [0.25, 0.3) is 5.56 Å². The van der Waals surface area contributed by atoms with E-state index >= 15 is 0 Å². The van der Waals surface area contributed by atoms with Gasteiger partial charge in [-0.2, -0.15) is 4.98 Å². The molecule has 1 fully saturated rings. The van der Waals surface area contributed by atoms with Gasteiger partial charge < -0.3 is 14.9 Å². The molecule has 0 radical (unpaired) electrons. The third-order valence-corrected chi connectivity index (χ3v) is 4.91. The first-order valence-corrected chi connectivity index (χ1v) is 9.28. The fourth-order valence-corrected chi connectivity index (χ4v) is 3.34. The van der Waals surface area contributed by atoms with Gasteiger partial charge in [0.2, 0.25) is 11.9 Å². The first-order chi connectivity index (χ1) is 13.9. The number of H-pyrrole nitrogens is 1. The molecular formula is C18H18ClN5O5. The Bertz CT molecular complexity index is 1100. The van der Waals surface area contributed by atoms with Crippen LogP contribution in [0.5, 0.6) is 0 Å². The minimum Gasteiger partial charge on any atom is -0.394 e. The normalized spacial score (nSPS) is 21.6. The molecule has 1 aromatic carbocycles. The van der Waals surface area contributed by atoms with Crippen LogP contribution in [0.1, 0.15) is 18.2 Å². The predicted molar refractivity (Wildman–Crippen MR) is 104 cm³/mol. The number of aliphatic hydroxyl groups is 2. The maximum atomic E-state index is 12.3. The van der Waals surface area contributed by atoms with Gasteiger partial charge in [-0.3, -0.25) is 24.5 Å². The number of aromatic nitrogens is 4. The molecule has 1 amide bonds. The first-order valence-electron chi connectivity index (χ1n) is 8.90. The number of aromatic amines is 1. The molecule has 4 rings (SSSR count). The molecule has 2 aromatic heterocycles. The van der Waals surface area contributed by atoms with Crippen molar-refractivity contribution in [1.82, 2.24) is 19.5 Å². The van der Waals surface area contributed by atoms with Gasteiger partial charge in [-0.05, 0) is 17.7 Å². The van der Waals surface area contributed by atoms with Gasteiger partial charge in [0, 0.05) is 11.4 Å². The fraction of sp³-hybridized carbons (Fsp3) is 0.333. The Hall–Kier alpha value is -2.79. The van der Waals surface area contributed by atoms with Gasteiger partial charge in [-0.1, -0.05) is 23.7 Å². The van der Waals surface area contributed by atoms with Gasteiger partial charge in [0.05, 0.1) is 25.5 Å². The number of imidazole rings is 1. The van der Waals surface area contributed by atoms with E-state index in [1.165, 1.54) is 10.9 Å². The summed E-state index contributed by atoms with van der Waals surface area (Å²) < 4.78 is 7.10. The first kappa shape index (κ1) is 19.5. The Morgan fingerprint density at radius 3 is 2.83 bits per heavy atom. The fourth-order valence-electron chi connectivity index (χ4n) is 3.21. The van der Waals surface area contributed by atoms with E-state index in [0.717, 1.165) is 5.56 Å². The van der Waals surface area contributed by atoms with E-state index in [2.05, 4.69) is 20.3 Å². The summed E-state index contributed by atoms with van der Waals surface area (Å²) in [5, 5.41) is 22.3. The van der Waals surface area contributed by atoms with Crippen molar-refractivity contribution in [3.05, 3.63) is 51.5 Å². The highest BCUT2D eigenvalue weighted by Gasteiger charge is 2.35. The maximum absolute atomic E-state index is 12.3. The number of ether oxygens (including phenoxy) is 1. The monoisotopic (exact) mass is 419 g/mol. The van der Waals surface area contributed by atoms with Crippen LogP contribution >= 0.6 is 11.6 Å². The van der Waals surface area contributed by atoms with Crippen molar-refractivity contribution < 1.29 is 19.7 Å². The molecule has 0 unspecified atom stereocenters. The smallest absolute Gasteiger partial charge is 0.280 e. The van der Waals surface area contributed by atoms with Crippen LogP contribution in [0.25, 0.3) is 11.2 Å². The summed E-state index contributed by atoms with van der Waals surface area (Å²) in [6, 6.07) is 6.84. The molecular weight excluding hydrogens is 402 g/mol. The summed E-state index contributed by atoms with van der Waals surface area (Å²) in [5.74, 6) is -0.394. The van der Waals surface area contributed by atoms with E-state index in [9.17, 15) is 19.8 Å². The number of aliphatic hydroxyl groups excluding tert-OH is 2. The van der Waals surface area contributed by atoms with E-state index in [0.29, 0.717) is 5.02 Å². The SMILES string of the molecule is O=C(Cc1ccc(Cl)cc1)Nc1nc2c(ncn2[C@H]2C[C@H](O)[C@@H](CO)O2)c(=O)[nH]1. The number of fused-ring (bicyclic) bond motifs is 1. The molecule has 3 atom stereocenters. The number of halogens is 1. The van der Waals surface area contributed by atoms with Crippen LogP contribution in [0.15, 0.2) is 35.4 Å². The van der Waals surface area contributed by atoms with Crippen LogP contribution < -0.4 is 10.9 Å². The Labute approximate surface area is 169 Å². The molecule has 4 N–H and O–H groups in total. The number of nitrogens with one attached hydrogen (secondary N) is 2. The molecule has 11 heteroatoms. The molecule has 0 bridgehead atoms. The molecule has 3 heterocycles. The summed E-state index contributed by atoms with van der Waals surface area (Å²) >= 11 is 5.84. The van der Waals surface area contributed by atoms with Crippen LogP contribution in [-0.2, 0) is 16.0 Å². The molecule has 0 spiro atoms. The van der Waals surface area contributed by atoms with E-state index in [4.69, 9.17) is 16.3 Å². The van der Waals surface area contributed by atoms with E-state index < -0.39 is 24.0 Å². The third-order valence-electron chi connectivity index (χ3n) is 4.66. The highest BCUT2D eigenvalue weighted by Crippen LogP contribution is 2.30. The molecule has 29 heavy (non-hydrogen) atoms. The van der Waals surface area contributed by atoms with Crippen LogP contribution in [0.2, 0.25) is 5.02 Å². The number of carbonyl (C=O) groups is 1. The van der Waals surface area contributed by atoms with Crippen molar-refractivity contribution in [1.29, 1.82) is 0 Å². The summed E-state index contributed by atoms with van der Waals surface area (Å²) in [7, 11) is 0. The lowest BCUT2D eigenvalue weighted by Gasteiger charge is -2.13. The number of amides is 1. The summed E-state index contributed by atoms with van der Waals surface area (Å²) in [6.45, 7) is -0.329. The number of hydrogen-bond acceptors (Lipinski definition) is 7. The number of hydrogen-bond donors (Lipinski definition) is 4. The third kappa shape index (κ3) is 4.01. The van der Waals surface area contributed by atoms with Crippen molar-refractivity contribution in [2.45, 2.75) is 31.3 Å². The topological polar surface area (TPSA) is 142 Å². The summed E-state index contributed by atoms with van der Waals surface area (Å²) in [6.07, 6.45) is -0.541. The van der Waals surface area contributed by atoms with Gasteiger partial charge in [0.15, 0.2) is 11.2 Å². The molecule has 152 valence electrons. The zero-order valence-corrected chi connectivity index (χ0v) is 15.8. The highest BCUT2D eigenvalue weighted by molar-refractivity contribution is 6.30. The van der Waals surface area contributed by atoms with Gasteiger partial charge in [-0.25, -0.2) is 4.98 Å². The van der Waals surface area contributed by atoms with Crippen LogP contribution in [0.3, 0.4) is 0 Å². The lowest BCUT2D eigenvalue weighted by Crippen LogP contribution is -2.24. The quantitative estimate of drug-likeness (QED) is 0.474. The van der Waals surface area contributed by atoms with E-state index in [1.807, 2.05) is 0 Å². The Morgan fingerprint density at radius 2 is 2.14 bits per heavy atom. The molecule has 0 aliphatic carbocycles. The average molecular weight is 420 g/mol. The maximum Gasteiger partial charge on any atom is 0.280 e. The Morgan fingerprint density at radius 1 is 1.38 bits per heavy atom. The minimum absolute atomic E-state index is 0.0273. The van der Waals surface area contributed by atoms with E-state index in [1.54, 1.807) is 24.3 Å². The molecule has 10 nitrogen and oxygen atoms in total. The van der Waals surface area contributed by atoms with Crippen LogP contribution in [0.4, 0.5) is 5.95 Å². The van der Waals surface area contributed by atoms with Crippen LogP contribution in [-0.4, -0.2) is 54.5 Å². The van der Waals surface area contributed by atoms with Crippen molar-refractivity contribution in [3.63, 3.8) is 0 Å². The molecule has 0 saturated carbocycles. The number of anilines is 1. The Balaban J connectivity index is 1.57. The average Bonchev–Trinajstić information content (AvgIpc) is 3.27. The molecule has 3 aromatic rings. The van der Waals surface area contributed by atoms with Crippen molar-refractivity contribution in [2.75, 3.05) is 11.9 Å². The van der Waals surface area contributed by atoms with E-state index in [-0.39, 0.29) is 42.5 Å². The Kier molecular flexibility index (Phi) is 5.33. The van der Waals surface area contributed by atoms with Gasteiger partial charge in [0.1, 0.15) is 12.3 Å². The number of benzene rings is 1. The second kappa shape index (κ2) is 7.91. The second-order valence-corrected chi connectivity index (χ2v) is 7.14. The molecule has 1 aliphatic rings. The lowest BCUT2D eigenvalue weighted by atomic mass is 10.1. The number of nitrogens with zero attached hydrogens (tertiary/aromatic N) is 3. The number of carbonyl (C=O) groups excluding carboxylic acids is 1. The van der Waals surface area contributed by atoms with Gasteiger partial charge >= 0.3 is 0 Å². The summed E-state index contributed by atoms with van der Waals surface area (Å²) in [5.41, 5.74) is 0.508. The van der Waals surface area contributed by atoms with Crippen molar-refractivity contribution in [3.8, 4) is 0 Å². The van der Waals surface area contributed by atoms with Crippen LogP contribution in [0, 0.1) is 0 Å². The number of rotatable bonds is 5. The predicted octanol–water partition coefficient (Wildman–Crippen LogP) is 0.595.